The van der Waals surface area contributed by atoms with Gasteiger partial charge in [0.1, 0.15) is 17.0 Å². The van der Waals surface area contributed by atoms with Gasteiger partial charge in [-0.2, -0.15) is 0 Å². The lowest BCUT2D eigenvalue weighted by Gasteiger charge is -2.23. The van der Waals surface area contributed by atoms with Crippen LogP contribution in [-0.2, 0) is 16.0 Å². The van der Waals surface area contributed by atoms with Gasteiger partial charge in [-0.25, -0.2) is 15.1 Å². The van der Waals surface area contributed by atoms with E-state index < -0.39 is 5.03 Å². The third kappa shape index (κ3) is 5.80. The van der Waals surface area contributed by atoms with Crippen molar-refractivity contribution in [1.82, 2.24) is 14.8 Å². The van der Waals surface area contributed by atoms with Gasteiger partial charge in [0.2, 0.25) is 0 Å². The van der Waals surface area contributed by atoms with Crippen LogP contribution in [0.4, 0.5) is 0 Å². The van der Waals surface area contributed by atoms with Crippen LogP contribution in [0.1, 0.15) is 25.8 Å². The highest BCUT2D eigenvalue weighted by atomic mass is 35.5. The second kappa shape index (κ2) is 9.50. The SMILES string of the molecule is CCOC(CC)OCN1CCN(Cc2ccc(Cl)nc2)C1=N[N+](=O)[O-]. The second-order valence-electron chi connectivity index (χ2n) is 5.40. The van der Waals surface area contributed by atoms with E-state index in [9.17, 15) is 10.1 Å². The number of halogens is 1. The van der Waals surface area contributed by atoms with E-state index in [0.29, 0.717) is 37.8 Å². The van der Waals surface area contributed by atoms with Gasteiger partial charge in [-0.1, -0.05) is 24.6 Å². The smallest absolute Gasteiger partial charge is 0.276 e. The molecule has 0 bridgehead atoms. The average Bonchev–Trinajstić information content (AvgIpc) is 2.95. The van der Waals surface area contributed by atoms with Crippen LogP contribution < -0.4 is 0 Å². The molecule has 1 aliphatic rings. The lowest BCUT2D eigenvalue weighted by molar-refractivity contribution is -0.486. The minimum absolute atomic E-state index is 0.181. The zero-order chi connectivity index (χ0) is 18.2. The highest BCUT2D eigenvalue weighted by Gasteiger charge is 2.30. The Balaban J connectivity index is 2.04. The van der Waals surface area contributed by atoms with Crippen molar-refractivity contribution < 1.29 is 14.5 Å². The monoisotopic (exact) mass is 371 g/mol. The molecule has 0 aliphatic carbocycles. The molecule has 2 heterocycles. The first-order valence-electron chi connectivity index (χ1n) is 8.10. The predicted octanol–water partition coefficient (Wildman–Crippen LogP) is 2.15. The highest BCUT2D eigenvalue weighted by Crippen LogP contribution is 2.15. The van der Waals surface area contributed by atoms with Gasteiger partial charge in [-0.3, -0.25) is 0 Å². The van der Waals surface area contributed by atoms with Crippen LogP contribution in [0, 0.1) is 10.1 Å². The molecule has 1 aromatic rings. The Morgan fingerprint density at radius 1 is 1.36 bits per heavy atom. The molecule has 1 unspecified atom stereocenters. The van der Waals surface area contributed by atoms with Gasteiger partial charge in [0.05, 0.1) is 0 Å². The third-order valence-electron chi connectivity index (χ3n) is 3.64. The van der Waals surface area contributed by atoms with Crippen molar-refractivity contribution in [2.45, 2.75) is 33.1 Å². The summed E-state index contributed by atoms with van der Waals surface area (Å²) in [4.78, 5) is 18.5. The molecule has 10 heteroatoms. The molecule has 1 fully saturated rings. The molecule has 1 aliphatic heterocycles. The first kappa shape index (κ1) is 19.4. The molecule has 0 amide bonds. The van der Waals surface area contributed by atoms with E-state index in [-0.39, 0.29) is 19.0 Å². The van der Waals surface area contributed by atoms with Crippen molar-refractivity contribution in [3.05, 3.63) is 39.2 Å². The van der Waals surface area contributed by atoms with Gasteiger partial charge in [0.15, 0.2) is 11.3 Å². The zero-order valence-electron chi connectivity index (χ0n) is 14.3. The summed E-state index contributed by atoms with van der Waals surface area (Å²) in [6, 6.07) is 3.52. The highest BCUT2D eigenvalue weighted by molar-refractivity contribution is 6.29. The van der Waals surface area contributed by atoms with Crippen LogP contribution in [0.3, 0.4) is 0 Å². The van der Waals surface area contributed by atoms with Gasteiger partial charge in [-0.05, 0) is 25.0 Å². The van der Waals surface area contributed by atoms with Crippen molar-refractivity contribution in [2.75, 3.05) is 26.4 Å². The Labute approximate surface area is 151 Å². The minimum Gasteiger partial charge on any atom is -0.353 e. The summed E-state index contributed by atoms with van der Waals surface area (Å²) < 4.78 is 11.1. The van der Waals surface area contributed by atoms with Crippen molar-refractivity contribution >= 4 is 17.6 Å². The molecule has 1 saturated heterocycles. The first-order valence-corrected chi connectivity index (χ1v) is 8.47. The number of nitro groups is 1. The summed E-state index contributed by atoms with van der Waals surface area (Å²) in [6.07, 6.45) is 2.01. The largest absolute Gasteiger partial charge is 0.353 e. The molecule has 0 N–H and O–H groups in total. The maximum atomic E-state index is 10.9. The van der Waals surface area contributed by atoms with E-state index in [2.05, 4.69) is 10.1 Å². The molecule has 25 heavy (non-hydrogen) atoms. The number of aromatic nitrogens is 1. The van der Waals surface area contributed by atoms with E-state index in [0.717, 1.165) is 5.56 Å². The fourth-order valence-corrected chi connectivity index (χ4v) is 2.59. The quantitative estimate of drug-likeness (QED) is 0.284. The van der Waals surface area contributed by atoms with Gasteiger partial charge < -0.3 is 19.3 Å². The van der Waals surface area contributed by atoms with E-state index in [4.69, 9.17) is 21.1 Å². The summed E-state index contributed by atoms with van der Waals surface area (Å²) in [5.41, 5.74) is 0.893. The zero-order valence-corrected chi connectivity index (χ0v) is 15.1. The second-order valence-corrected chi connectivity index (χ2v) is 5.79. The number of rotatable bonds is 9. The van der Waals surface area contributed by atoms with E-state index in [1.807, 2.05) is 24.8 Å². The van der Waals surface area contributed by atoms with Crippen molar-refractivity contribution in [1.29, 1.82) is 0 Å². The van der Waals surface area contributed by atoms with E-state index in [1.165, 1.54) is 0 Å². The van der Waals surface area contributed by atoms with Crippen LogP contribution in [-0.4, -0.2) is 58.5 Å². The van der Waals surface area contributed by atoms with Crippen LogP contribution in [0.2, 0.25) is 5.15 Å². The fraction of sp³-hybridized carbons (Fsp3) is 0.600. The topological polar surface area (TPSA) is 93.3 Å². The van der Waals surface area contributed by atoms with Crippen LogP contribution in [0.5, 0.6) is 0 Å². The summed E-state index contributed by atoms with van der Waals surface area (Å²) in [5, 5.41) is 14.1. The average molecular weight is 372 g/mol. The molecule has 2 rings (SSSR count). The number of ether oxygens (including phenoxy) is 2. The van der Waals surface area contributed by atoms with Crippen molar-refractivity contribution in [3.8, 4) is 0 Å². The fourth-order valence-electron chi connectivity index (χ4n) is 2.48. The standard InChI is InChI=1S/C15H22ClN5O4/c1-3-14(24-4-2)25-11-20-8-7-19(15(20)18-21(22)23)10-12-5-6-13(16)17-9-12/h5-6,9,14H,3-4,7-8,10-11H2,1-2H3. The Hall–Kier alpha value is -1.97. The van der Waals surface area contributed by atoms with Crippen molar-refractivity contribution in [2.24, 2.45) is 5.10 Å². The van der Waals surface area contributed by atoms with Crippen LogP contribution in [0.25, 0.3) is 0 Å². The van der Waals surface area contributed by atoms with Gasteiger partial charge in [0, 0.05) is 32.4 Å². The molecule has 0 radical (unpaired) electrons. The van der Waals surface area contributed by atoms with Gasteiger partial charge >= 0.3 is 0 Å². The maximum Gasteiger partial charge on any atom is 0.276 e. The molecular formula is C15H22ClN5O4. The molecule has 0 saturated carbocycles. The lowest BCUT2D eigenvalue weighted by atomic mass is 10.3. The number of hydrogen-bond donors (Lipinski definition) is 0. The molecular weight excluding hydrogens is 350 g/mol. The Morgan fingerprint density at radius 3 is 2.72 bits per heavy atom. The summed E-state index contributed by atoms with van der Waals surface area (Å²) in [7, 11) is 0. The van der Waals surface area contributed by atoms with Crippen LogP contribution in [0.15, 0.2) is 23.4 Å². The molecule has 138 valence electrons. The number of hydrazone groups is 1. The Kier molecular flexibility index (Phi) is 7.35. The van der Waals surface area contributed by atoms with E-state index in [1.54, 1.807) is 17.2 Å². The Bertz CT molecular complexity index is 598. The molecule has 9 nitrogen and oxygen atoms in total. The lowest BCUT2D eigenvalue weighted by Crippen LogP contribution is -2.37. The number of pyridine rings is 1. The summed E-state index contributed by atoms with van der Waals surface area (Å²) >= 11 is 5.78. The first-order chi connectivity index (χ1) is 12.0. The normalized spacial score (nSPS) is 17.3. The molecule has 1 atom stereocenters. The molecule has 0 aromatic carbocycles. The van der Waals surface area contributed by atoms with Crippen LogP contribution >= 0.6 is 11.6 Å². The summed E-state index contributed by atoms with van der Waals surface area (Å²) in [5.74, 6) is 0.270. The predicted molar refractivity (Wildman–Crippen MR) is 92.4 cm³/mol. The Morgan fingerprint density at radius 2 is 2.12 bits per heavy atom. The van der Waals surface area contributed by atoms with E-state index >= 15 is 0 Å². The minimum atomic E-state index is -0.694. The maximum absolute atomic E-state index is 10.9. The number of nitrogens with zero attached hydrogens (tertiary/aromatic N) is 5. The van der Waals surface area contributed by atoms with Gasteiger partial charge in [0.25, 0.3) is 5.96 Å². The molecule has 1 aromatic heterocycles. The van der Waals surface area contributed by atoms with Crippen molar-refractivity contribution in [3.63, 3.8) is 0 Å². The van der Waals surface area contributed by atoms with Gasteiger partial charge in [-0.15, -0.1) is 0 Å². The number of hydrogen-bond acceptors (Lipinski definition) is 5. The molecule has 0 spiro atoms. The summed E-state index contributed by atoms with van der Waals surface area (Å²) in [6.45, 7) is 6.21. The number of guanidine groups is 1. The third-order valence-corrected chi connectivity index (χ3v) is 3.86.